The molecular weight excluding hydrogens is 272 g/mol. The monoisotopic (exact) mass is 296 g/mol. The van der Waals surface area contributed by atoms with E-state index in [2.05, 4.69) is 46.9 Å². The first-order chi connectivity index (χ1) is 10.6. The van der Waals surface area contributed by atoms with Gasteiger partial charge in [-0.25, -0.2) is 0 Å². The Morgan fingerprint density at radius 1 is 1.32 bits per heavy atom. The Labute approximate surface area is 133 Å². The summed E-state index contributed by atoms with van der Waals surface area (Å²) in [5, 5.41) is 9.80. The highest BCUT2D eigenvalue weighted by molar-refractivity contribution is 5.21. The first-order valence-corrected chi connectivity index (χ1v) is 7.64. The van der Waals surface area contributed by atoms with Crippen molar-refractivity contribution in [3.63, 3.8) is 0 Å². The van der Waals surface area contributed by atoms with Crippen LogP contribution in [0.2, 0.25) is 0 Å². The van der Waals surface area contributed by atoms with Gasteiger partial charge < -0.3 is 10.0 Å². The highest BCUT2D eigenvalue weighted by Gasteiger charge is 2.17. The molecule has 3 heteroatoms. The molecule has 0 saturated carbocycles. The van der Waals surface area contributed by atoms with Crippen molar-refractivity contribution >= 4 is 0 Å². The van der Waals surface area contributed by atoms with Crippen LogP contribution in [0.1, 0.15) is 18.1 Å². The molecule has 1 unspecified atom stereocenters. The number of allylic oxidation sites excluding steroid dienone is 2. The fourth-order valence-electron chi connectivity index (χ4n) is 2.51. The molecular formula is C19H24N2O. The van der Waals surface area contributed by atoms with Gasteiger partial charge in [0.1, 0.15) is 5.76 Å². The molecule has 1 aromatic carbocycles. The van der Waals surface area contributed by atoms with E-state index in [4.69, 9.17) is 6.42 Å². The predicted molar refractivity (Wildman–Crippen MR) is 91.3 cm³/mol. The Morgan fingerprint density at radius 2 is 2.05 bits per heavy atom. The number of aliphatic hydroxyl groups excluding tert-OH is 1. The molecule has 1 heterocycles. The molecule has 0 radical (unpaired) electrons. The van der Waals surface area contributed by atoms with Crippen LogP contribution in [0.5, 0.6) is 0 Å². The topological polar surface area (TPSA) is 26.7 Å². The lowest BCUT2D eigenvalue weighted by Crippen LogP contribution is -2.38. The minimum Gasteiger partial charge on any atom is -0.510 e. The Kier molecular flexibility index (Phi) is 5.68. The lowest BCUT2D eigenvalue weighted by molar-refractivity contribution is 0.202. The summed E-state index contributed by atoms with van der Waals surface area (Å²) in [6.45, 7) is 7.26. The van der Waals surface area contributed by atoms with Gasteiger partial charge in [0.2, 0.25) is 0 Å². The fraction of sp³-hybridized carbons (Fsp3) is 0.368. The zero-order valence-corrected chi connectivity index (χ0v) is 13.4. The maximum Gasteiger partial charge on any atom is 0.114 e. The van der Waals surface area contributed by atoms with Crippen LogP contribution < -0.4 is 0 Å². The second-order valence-corrected chi connectivity index (χ2v) is 5.75. The van der Waals surface area contributed by atoms with Gasteiger partial charge in [-0.1, -0.05) is 35.7 Å². The van der Waals surface area contributed by atoms with Crippen LogP contribution in [0.25, 0.3) is 0 Å². The molecule has 0 fully saturated rings. The van der Waals surface area contributed by atoms with E-state index in [1.165, 1.54) is 11.1 Å². The van der Waals surface area contributed by atoms with Gasteiger partial charge in [0.25, 0.3) is 0 Å². The number of hydrogen-bond donors (Lipinski definition) is 1. The molecule has 0 bridgehead atoms. The van der Waals surface area contributed by atoms with Crippen LogP contribution in [0.3, 0.4) is 0 Å². The van der Waals surface area contributed by atoms with E-state index in [1.807, 2.05) is 19.2 Å². The van der Waals surface area contributed by atoms with Gasteiger partial charge in [0.05, 0.1) is 12.6 Å². The molecule has 0 aliphatic carbocycles. The van der Waals surface area contributed by atoms with Gasteiger partial charge in [-0.15, -0.1) is 6.42 Å². The molecule has 0 saturated heterocycles. The van der Waals surface area contributed by atoms with Crippen LogP contribution in [0.4, 0.5) is 0 Å². The molecule has 0 aromatic heterocycles. The minimum atomic E-state index is 0.0251. The Hall–Kier alpha value is -2.18. The molecule has 0 spiro atoms. The summed E-state index contributed by atoms with van der Waals surface area (Å²) < 4.78 is 0. The maximum absolute atomic E-state index is 9.80. The fourth-order valence-corrected chi connectivity index (χ4v) is 2.51. The molecule has 0 amide bonds. The van der Waals surface area contributed by atoms with Crippen molar-refractivity contribution in [3.05, 3.63) is 59.5 Å². The van der Waals surface area contributed by atoms with E-state index in [-0.39, 0.29) is 6.04 Å². The van der Waals surface area contributed by atoms with Crippen molar-refractivity contribution in [1.82, 2.24) is 9.80 Å². The Balaban J connectivity index is 1.92. The zero-order chi connectivity index (χ0) is 15.9. The van der Waals surface area contributed by atoms with Crippen LogP contribution in [-0.4, -0.2) is 40.6 Å². The summed E-state index contributed by atoms with van der Waals surface area (Å²) in [4.78, 5) is 4.38. The highest BCUT2D eigenvalue weighted by Crippen LogP contribution is 2.14. The number of nitrogens with zero attached hydrogens (tertiary/aromatic N) is 2. The third-order valence-electron chi connectivity index (χ3n) is 3.99. The summed E-state index contributed by atoms with van der Waals surface area (Å²) in [5.41, 5.74) is 2.53. The summed E-state index contributed by atoms with van der Waals surface area (Å²) >= 11 is 0. The summed E-state index contributed by atoms with van der Waals surface area (Å²) in [6.07, 6.45) is 11.1. The van der Waals surface area contributed by atoms with Crippen molar-refractivity contribution in [2.24, 2.45) is 0 Å². The summed E-state index contributed by atoms with van der Waals surface area (Å²) in [6, 6.07) is 8.58. The molecule has 1 aliphatic rings. The van der Waals surface area contributed by atoms with Gasteiger partial charge in [0, 0.05) is 19.6 Å². The van der Waals surface area contributed by atoms with Crippen LogP contribution in [-0.2, 0) is 6.54 Å². The van der Waals surface area contributed by atoms with E-state index in [1.54, 1.807) is 6.08 Å². The number of benzene rings is 1. The zero-order valence-electron chi connectivity index (χ0n) is 13.4. The average molecular weight is 296 g/mol. The van der Waals surface area contributed by atoms with Crippen molar-refractivity contribution < 1.29 is 5.11 Å². The molecule has 1 aliphatic heterocycles. The molecule has 116 valence electrons. The normalized spacial score (nSPS) is 17.5. The minimum absolute atomic E-state index is 0.0251. The second kappa shape index (κ2) is 7.72. The quantitative estimate of drug-likeness (QED) is 0.817. The maximum atomic E-state index is 9.80. The first kappa shape index (κ1) is 16.2. The summed E-state index contributed by atoms with van der Waals surface area (Å²) in [7, 11) is 0. The van der Waals surface area contributed by atoms with E-state index in [9.17, 15) is 5.11 Å². The van der Waals surface area contributed by atoms with Crippen LogP contribution >= 0.6 is 0 Å². The lowest BCUT2D eigenvalue weighted by Gasteiger charge is -2.31. The largest absolute Gasteiger partial charge is 0.510 e. The molecule has 1 aromatic rings. The van der Waals surface area contributed by atoms with E-state index >= 15 is 0 Å². The SMILES string of the molecule is C#CCN(CCN1C=CC=C(O)C1C)Cc1ccc(C)cc1. The third kappa shape index (κ3) is 4.41. The average Bonchev–Trinajstić information content (AvgIpc) is 2.51. The van der Waals surface area contributed by atoms with Gasteiger partial charge >= 0.3 is 0 Å². The van der Waals surface area contributed by atoms with Crippen molar-refractivity contribution in [3.8, 4) is 12.3 Å². The van der Waals surface area contributed by atoms with Crippen molar-refractivity contribution in [1.29, 1.82) is 0 Å². The second-order valence-electron chi connectivity index (χ2n) is 5.75. The number of rotatable bonds is 6. The highest BCUT2D eigenvalue weighted by atomic mass is 16.3. The van der Waals surface area contributed by atoms with Gasteiger partial charge in [-0.05, 0) is 37.8 Å². The van der Waals surface area contributed by atoms with Gasteiger partial charge in [-0.2, -0.15) is 0 Å². The van der Waals surface area contributed by atoms with E-state index in [0.717, 1.165) is 19.6 Å². The number of aryl methyl sites for hydroxylation is 1. The first-order valence-electron chi connectivity index (χ1n) is 7.64. The lowest BCUT2D eigenvalue weighted by atomic mass is 10.1. The van der Waals surface area contributed by atoms with Gasteiger partial charge in [0.15, 0.2) is 0 Å². The van der Waals surface area contributed by atoms with Crippen LogP contribution in [0.15, 0.2) is 48.4 Å². The smallest absolute Gasteiger partial charge is 0.114 e. The molecule has 1 N–H and O–H groups in total. The van der Waals surface area contributed by atoms with E-state index < -0.39 is 0 Å². The number of terminal acetylenes is 1. The number of hydrogen-bond acceptors (Lipinski definition) is 3. The predicted octanol–water partition coefficient (Wildman–Crippen LogP) is 3.09. The third-order valence-corrected chi connectivity index (χ3v) is 3.99. The standard InChI is InChI=1S/C19H24N2O/c1-4-11-20(15-18-9-7-16(2)8-10-18)13-14-21-12-5-6-19(22)17(21)3/h1,5-10,12,17,22H,11,13-15H2,2-3H3. The van der Waals surface area contributed by atoms with Gasteiger partial charge in [-0.3, -0.25) is 4.90 Å². The Morgan fingerprint density at radius 3 is 2.73 bits per heavy atom. The summed E-state index contributed by atoms with van der Waals surface area (Å²) in [5.74, 6) is 3.14. The van der Waals surface area contributed by atoms with Crippen molar-refractivity contribution in [2.75, 3.05) is 19.6 Å². The molecule has 1 atom stereocenters. The van der Waals surface area contributed by atoms with E-state index in [0.29, 0.717) is 12.3 Å². The number of aliphatic hydroxyl groups is 1. The molecule has 3 nitrogen and oxygen atoms in total. The van der Waals surface area contributed by atoms with Crippen molar-refractivity contribution in [2.45, 2.75) is 26.4 Å². The Bertz CT molecular complexity index is 580. The molecule has 22 heavy (non-hydrogen) atoms. The van der Waals surface area contributed by atoms with Crippen LogP contribution in [0, 0.1) is 19.3 Å². The molecule has 2 rings (SSSR count).